The van der Waals surface area contributed by atoms with Crippen LogP contribution in [0.25, 0.3) is 0 Å². The van der Waals surface area contributed by atoms with Crippen LogP contribution in [0.15, 0.2) is 12.2 Å². The van der Waals surface area contributed by atoms with Gasteiger partial charge in [0.2, 0.25) is 0 Å². The van der Waals surface area contributed by atoms with E-state index in [9.17, 15) is 22.5 Å². The molecule has 4 atom stereocenters. The highest BCUT2D eigenvalue weighted by molar-refractivity contribution is 7.66. The second kappa shape index (κ2) is 8.34. The first-order valence-corrected chi connectivity index (χ1v) is 9.73. The molecule has 0 aliphatic heterocycles. The molecule has 23 heavy (non-hydrogen) atoms. The Hall–Kier alpha value is -0.0700. The average Bonchev–Trinajstić information content (AvgIpc) is 2.29. The molecule has 0 bridgehead atoms. The van der Waals surface area contributed by atoms with Crippen LogP contribution in [0.1, 0.15) is 0 Å². The first kappa shape index (κ1) is 22.9. The molecule has 0 aromatic carbocycles. The minimum atomic E-state index is -5.79. The summed E-state index contributed by atoms with van der Waals surface area (Å²) in [6.45, 7) is -2.92. The van der Waals surface area contributed by atoms with Gasteiger partial charge in [0.15, 0.2) is 0 Å². The Labute approximate surface area is 127 Å². The summed E-state index contributed by atoms with van der Waals surface area (Å²) in [4.78, 5) is 34.3. The van der Waals surface area contributed by atoms with Crippen molar-refractivity contribution in [3.8, 4) is 0 Å². The average molecular weight is 408 g/mol. The largest absolute Gasteiger partial charge is 0.490 e. The van der Waals surface area contributed by atoms with Crippen molar-refractivity contribution in [2.45, 2.75) is 12.0 Å². The SMILES string of the molecule is O=P(O)(O)OP(=O)(O)OP(=O)(O)OC[C@](O)(F)[C@@H](O)C=CCF. The fraction of sp³-hybridized carbons (Fsp3) is 0.667. The van der Waals surface area contributed by atoms with E-state index in [2.05, 4.69) is 13.1 Å². The number of hydrogen-bond acceptors (Lipinski definition) is 8. The van der Waals surface area contributed by atoms with E-state index in [1.165, 1.54) is 0 Å². The van der Waals surface area contributed by atoms with Crippen molar-refractivity contribution in [2.24, 2.45) is 0 Å². The van der Waals surface area contributed by atoms with E-state index < -0.39 is 48.7 Å². The molecule has 0 spiro atoms. The molecule has 17 heteroatoms. The van der Waals surface area contributed by atoms with Crippen molar-refractivity contribution in [1.29, 1.82) is 0 Å². The van der Waals surface area contributed by atoms with Gasteiger partial charge in [0.05, 0.1) is 0 Å². The zero-order valence-electron chi connectivity index (χ0n) is 10.9. The number of allylic oxidation sites excluding steroid dienone is 1. The Bertz CT molecular complexity index is 557. The number of phosphoric ester groups is 1. The van der Waals surface area contributed by atoms with Crippen molar-refractivity contribution in [3.05, 3.63) is 12.2 Å². The highest BCUT2D eigenvalue weighted by atomic mass is 31.3. The van der Waals surface area contributed by atoms with Gasteiger partial charge in [0.1, 0.15) is 19.4 Å². The van der Waals surface area contributed by atoms with E-state index in [1.54, 1.807) is 0 Å². The fourth-order valence-electron chi connectivity index (χ4n) is 0.889. The van der Waals surface area contributed by atoms with Crippen molar-refractivity contribution < 1.29 is 65.4 Å². The zero-order chi connectivity index (χ0) is 18.5. The van der Waals surface area contributed by atoms with E-state index in [0.717, 1.165) is 0 Å². The van der Waals surface area contributed by atoms with Crippen molar-refractivity contribution >= 4 is 23.5 Å². The molecule has 0 saturated carbocycles. The Morgan fingerprint density at radius 3 is 2.04 bits per heavy atom. The number of aliphatic hydroxyl groups excluding tert-OH is 1. The van der Waals surface area contributed by atoms with Gasteiger partial charge >= 0.3 is 23.5 Å². The van der Waals surface area contributed by atoms with Gasteiger partial charge in [-0.3, -0.25) is 4.52 Å². The molecule has 0 aliphatic rings. The van der Waals surface area contributed by atoms with Crippen molar-refractivity contribution in [3.63, 3.8) is 0 Å². The zero-order valence-corrected chi connectivity index (χ0v) is 13.6. The van der Waals surface area contributed by atoms with Gasteiger partial charge in [-0.2, -0.15) is 8.62 Å². The van der Waals surface area contributed by atoms with Crippen LogP contribution in [0, 0.1) is 0 Å². The summed E-state index contributed by atoms with van der Waals surface area (Å²) in [6.07, 6.45) is -1.36. The van der Waals surface area contributed by atoms with Gasteiger partial charge in [-0.15, -0.1) is 0 Å². The maximum atomic E-state index is 13.5. The van der Waals surface area contributed by atoms with E-state index in [-0.39, 0.29) is 0 Å². The van der Waals surface area contributed by atoms with E-state index in [4.69, 9.17) is 29.8 Å². The van der Waals surface area contributed by atoms with Crippen LogP contribution in [-0.2, 0) is 26.8 Å². The summed E-state index contributed by atoms with van der Waals surface area (Å²) >= 11 is 0. The maximum Gasteiger partial charge on any atom is 0.490 e. The topological polar surface area (TPSA) is 200 Å². The van der Waals surface area contributed by atoms with Crippen LogP contribution >= 0.6 is 23.5 Å². The van der Waals surface area contributed by atoms with Gasteiger partial charge in [-0.1, -0.05) is 12.2 Å². The van der Waals surface area contributed by atoms with Crippen LogP contribution < -0.4 is 0 Å². The molecule has 2 unspecified atom stereocenters. The maximum absolute atomic E-state index is 13.5. The number of halogens is 2. The Kier molecular flexibility index (Phi) is 8.32. The van der Waals surface area contributed by atoms with Crippen molar-refractivity contribution in [2.75, 3.05) is 13.3 Å². The highest BCUT2D eigenvalue weighted by Gasteiger charge is 2.43. The van der Waals surface area contributed by atoms with E-state index >= 15 is 0 Å². The molecule has 0 rings (SSSR count). The minimum absolute atomic E-state index is 0.445. The summed E-state index contributed by atoms with van der Waals surface area (Å²) in [6, 6.07) is 0. The van der Waals surface area contributed by atoms with Gasteiger partial charge in [-0.05, 0) is 0 Å². The van der Waals surface area contributed by atoms with Crippen LogP contribution in [0.2, 0.25) is 0 Å². The minimum Gasteiger partial charge on any atom is -0.383 e. The quantitative estimate of drug-likeness (QED) is 0.207. The molecule has 0 saturated heterocycles. The van der Waals surface area contributed by atoms with Gasteiger partial charge in [0.25, 0.3) is 5.85 Å². The molecular formula is C6H13F2O12P3. The lowest BCUT2D eigenvalue weighted by Crippen LogP contribution is -2.40. The van der Waals surface area contributed by atoms with Gasteiger partial charge in [-0.25, -0.2) is 22.5 Å². The fourth-order valence-corrected chi connectivity index (χ4v) is 3.93. The molecule has 12 nitrogen and oxygen atoms in total. The third kappa shape index (κ3) is 10.4. The Balaban J connectivity index is 4.82. The van der Waals surface area contributed by atoms with Crippen LogP contribution in [-0.4, -0.2) is 55.0 Å². The molecule has 138 valence electrons. The molecule has 0 radical (unpaired) electrons. The predicted octanol–water partition coefficient (Wildman–Crippen LogP) is -0.126. The number of phosphoric acid groups is 3. The number of hydrogen-bond donors (Lipinski definition) is 6. The number of aliphatic hydroxyl groups is 2. The molecular weight excluding hydrogens is 395 g/mol. The molecule has 0 fully saturated rings. The van der Waals surface area contributed by atoms with Gasteiger partial charge in [0, 0.05) is 0 Å². The molecule has 6 N–H and O–H groups in total. The highest BCUT2D eigenvalue weighted by Crippen LogP contribution is 2.66. The normalized spacial score (nSPS) is 22.3. The molecule has 0 aliphatic carbocycles. The third-order valence-electron chi connectivity index (χ3n) is 1.71. The van der Waals surface area contributed by atoms with Crippen molar-refractivity contribution in [1.82, 2.24) is 0 Å². The van der Waals surface area contributed by atoms with Crippen LogP contribution in [0.4, 0.5) is 8.78 Å². The predicted molar refractivity (Wildman–Crippen MR) is 67.0 cm³/mol. The lowest BCUT2D eigenvalue weighted by Gasteiger charge is -2.23. The third-order valence-corrected chi connectivity index (χ3v) is 5.49. The molecule has 0 aromatic rings. The summed E-state index contributed by atoms with van der Waals surface area (Å²) in [5.41, 5.74) is 0. The van der Waals surface area contributed by atoms with Crippen LogP contribution in [0.5, 0.6) is 0 Å². The van der Waals surface area contributed by atoms with E-state index in [0.29, 0.717) is 12.2 Å². The summed E-state index contributed by atoms with van der Waals surface area (Å²) in [5.74, 6) is -3.73. The summed E-state index contributed by atoms with van der Waals surface area (Å²) in [5, 5.41) is 18.2. The first-order chi connectivity index (χ1) is 10.1. The second-order valence-electron chi connectivity index (χ2n) is 3.71. The summed E-state index contributed by atoms with van der Waals surface area (Å²) in [7, 11) is -17.0. The molecule has 0 heterocycles. The molecule has 0 aromatic heterocycles. The van der Waals surface area contributed by atoms with Gasteiger partial charge < -0.3 is 29.8 Å². The number of rotatable bonds is 10. The van der Waals surface area contributed by atoms with E-state index in [1.807, 2.05) is 0 Å². The second-order valence-corrected chi connectivity index (χ2v) is 8.13. The monoisotopic (exact) mass is 408 g/mol. The standard InChI is InChI=1S/C6H13F2O12P3/c7-3-1-2-5(9)6(8,10)4-18-22(14,15)20-23(16,17)19-21(11,12)13/h1-2,5,9-10H,3-4H2,(H,14,15)(H,16,17)(H2,11,12,13)/t5-,6+/m0/s1. The Morgan fingerprint density at radius 1 is 1.09 bits per heavy atom. The summed E-state index contributed by atoms with van der Waals surface area (Å²) < 4.78 is 68.1. The molecule has 0 amide bonds. The lowest BCUT2D eigenvalue weighted by molar-refractivity contribution is -0.174. The Morgan fingerprint density at radius 2 is 1.61 bits per heavy atom. The first-order valence-electron chi connectivity index (χ1n) is 5.20. The number of alkyl halides is 2. The van der Waals surface area contributed by atoms with Crippen LogP contribution in [0.3, 0.4) is 0 Å². The lowest BCUT2D eigenvalue weighted by atomic mass is 10.1. The smallest absolute Gasteiger partial charge is 0.383 e.